The Morgan fingerprint density at radius 3 is 2.38 bits per heavy atom. The van der Waals surface area contributed by atoms with E-state index < -0.39 is 23.5 Å². The highest BCUT2D eigenvalue weighted by atomic mass is 19.4. The molecule has 0 bridgehead atoms. The summed E-state index contributed by atoms with van der Waals surface area (Å²) in [7, 11) is 1.23. The third-order valence-electron chi connectivity index (χ3n) is 4.04. The first-order valence-electron chi connectivity index (χ1n) is 7.33. The van der Waals surface area contributed by atoms with Gasteiger partial charge in [-0.2, -0.15) is 13.2 Å². The fraction of sp³-hybridized carbons (Fsp3) is 0.412. The van der Waals surface area contributed by atoms with E-state index in [1.807, 2.05) is 0 Å². The molecule has 0 spiro atoms. The molecule has 0 unspecified atom stereocenters. The largest absolute Gasteiger partial charge is 0.465 e. The molecular weight excluding hydrogens is 325 g/mol. The average Bonchev–Trinajstić information content (AvgIpc) is 3.35. The van der Waals surface area contributed by atoms with Crippen molar-refractivity contribution in [3.8, 4) is 0 Å². The zero-order chi connectivity index (χ0) is 18.0. The number of alkyl halides is 3. The molecule has 0 N–H and O–H groups in total. The van der Waals surface area contributed by atoms with Gasteiger partial charge in [-0.3, -0.25) is 4.79 Å². The molecule has 0 saturated heterocycles. The molecule has 0 heterocycles. The lowest BCUT2D eigenvalue weighted by Gasteiger charge is -2.18. The summed E-state index contributed by atoms with van der Waals surface area (Å²) in [5.41, 5.74) is -1.23. The molecule has 0 radical (unpaired) electrons. The van der Waals surface area contributed by atoms with Crippen molar-refractivity contribution >= 4 is 17.5 Å². The normalized spacial score (nSPS) is 16.5. The van der Waals surface area contributed by atoms with Crippen molar-refractivity contribution < 1.29 is 32.2 Å². The van der Waals surface area contributed by atoms with Crippen LogP contribution in [0.15, 0.2) is 30.3 Å². The SMILES string of the molecule is CC=C(C(=O)OC)c1ccccc1COC(=O)C1(C(F)(F)F)CC1. The van der Waals surface area contributed by atoms with Crippen LogP contribution in [0.3, 0.4) is 0 Å². The maximum atomic E-state index is 12.9. The predicted octanol–water partition coefficient (Wildman–Crippen LogP) is 3.65. The predicted molar refractivity (Wildman–Crippen MR) is 79.6 cm³/mol. The highest BCUT2D eigenvalue weighted by Crippen LogP contribution is 2.58. The Kier molecular flexibility index (Phi) is 5.01. The number of carbonyl (C=O) groups is 2. The van der Waals surface area contributed by atoms with Gasteiger partial charge in [0.2, 0.25) is 0 Å². The number of benzene rings is 1. The molecule has 1 aromatic carbocycles. The van der Waals surface area contributed by atoms with E-state index in [1.54, 1.807) is 31.2 Å². The van der Waals surface area contributed by atoms with E-state index in [0.717, 1.165) is 0 Å². The zero-order valence-corrected chi connectivity index (χ0v) is 13.3. The van der Waals surface area contributed by atoms with E-state index in [2.05, 4.69) is 4.74 Å². The lowest BCUT2D eigenvalue weighted by Crippen LogP contribution is -2.34. The number of hydrogen-bond donors (Lipinski definition) is 0. The van der Waals surface area contributed by atoms with Gasteiger partial charge < -0.3 is 9.47 Å². The van der Waals surface area contributed by atoms with Crippen molar-refractivity contribution in [1.82, 2.24) is 0 Å². The van der Waals surface area contributed by atoms with Gasteiger partial charge in [0.05, 0.1) is 12.7 Å². The number of rotatable bonds is 5. The standard InChI is InChI=1S/C17H17F3O4/c1-3-12(14(21)23-2)13-7-5-4-6-11(13)10-24-15(22)16(8-9-16)17(18,19)20/h3-7H,8-10H2,1-2H3. The van der Waals surface area contributed by atoms with Crippen LogP contribution in [-0.2, 0) is 25.7 Å². The smallest absolute Gasteiger partial charge is 0.404 e. The number of ether oxygens (including phenoxy) is 2. The van der Waals surface area contributed by atoms with E-state index in [1.165, 1.54) is 13.2 Å². The van der Waals surface area contributed by atoms with E-state index in [-0.39, 0.29) is 25.0 Å². The maximum absolute atomic E-state index is 12.9. The van der Waals surface area contributed by atoms with E-state index in [0.29, 0.717) is 11.1 Å². The molecule has 1 aromatic rings. The van der Waals surface area contributed by atoms with E-state index in [4.69, 9.17) is 4.74 Å². The summed E-state index contributed by atoms with van der Waals surface area (Å²) in [5, 5.41) is 0. The number of hydrogen-bond acceptors (Lipinski definition) is 4. The number of allylic oxidation sites excluding steroid dienone is 1. The van der Waals surface area contributed by atoms with Crippen LogP contribution in [0.4, 0.5) is 13.2 Å². The second kappa shape index (κ2) is 6.67. The van der Waals surface area contributed by atoms with Crippen LogP contribution >= 0.6 is 0 Å². The minimum Gasteiger partial charge on any atom is -0.465 e. The molecule has 0 aliphatic heterocycles. The summed E-state index contributed by atoms with van der Waals surface area (Å²) in [4.78, 5) is 23.6. The number of esters is 2. The molecule has 130 valence electrons. The van der Waals surface area contributed by atoms with Crippen LogP contribution in [0.2, 0.25) is 0 Å². The minimum absolute atomic E-state index is 0.251. The van der Waals surface area contributed by atoms with Gasteiger partial charge in [-0.25, -0.2) is 4.79 Å². The topological polar surface area (TPSA) is 52.6 Å². The molecule has 7 heteroatoms. The molecular formula is C17H17F3O4. The van der Waals surface area contributed by atoms with Gasteiger partial charge in [0.25, 0.3) is 0 Å². The van der Waals surface area contributed by atoms with Crippen molar-refractivity contribution in [3.05, 3.63) is 41.5 Å². The third kappa shape index (κ3) is 3.29. The summed E-state index contributed by atoms with van der Waals surface area (Å²) in [6.45, 7) is 1.29. The Morgan fingerprint density at radius 1 is 1.25 bits per heavy atom. The van der Waals surface area contributed by atoms with Crippen LogP contribution in [0.1, 0.15) is 30.9 Å². The fourth-order valence-corrected chi connectivity index (χ4v) is 2.41. The van der Waals surface area contributed by atoms with Gasteiger partial charge in [0, 0.05) is 0 Å². The molecule has 0 amide bonds. The van der Waals surface area contributed by atoms with Gasteiger partial charge in [0.15, 0.2) is 5.41 Å². The zero-order valence-electron chi connectivity index (χ0n) is 13.3. The monoisotopic (exact) mass is 342 g/mol. The first-order valence-corrected chi connectivity index (χ1v) is 7.33. The van der Waals surface area contributed by atoms with Crippen LogP contribution in [0.5, 0.6) is 0 Å². The number of methoxy groups -OCH3 is 1. The maximum Gasteiger partial charge on any atom is 0.404 e. The van der Waals surface area contributed by atoms with Gasteiger partial charge in [-0.05, 0) is 30.9 Å². The fourth-order valence-electron chi connectivity index (χ4n) is 2.41. The average molecular weight is 342 g/mol. The second-order valence-corrected chi connectivity index (χ2v) is 5.51. The third-order valence-corrected chi connectivity index (χ3v) is 4.04. The molecule has 1 aliphatic rings. The quantitative estimate of drug-likeness (QED) is 0.605. The molecule has 1 saturated carbocycles. The first kappa shape index (κ1) is 18.0. The molecule has 0 aromatic heterocycles. The molecule has 1 fully saturated rings. The molecule has 0 atom stereocenters. The Hall–Kier alpha value is -2.31. The minimum atomic E-state index is -4.61. The first-order chi connectivity index (χ1) is 11.3. The molecule has 2 rings (SSSR count). The Labute approximate surface area is 137 Å². The van der Waals surface area contributed by atoms with Crippen LogP contribution < -0.4 is 0 Å². The number of halogens is 3. The lowest BCUT2D eigenvalue weighted by atomic mass is 10.00. The summed E-state index contributed by atoms with van der Waals surface area (Å²) in [5.74, 6) is -1.85. The molecule has 1 aliphatic carbocycles. The summed E-state index contributed by atoms with van der Waals surface area (Å²) >= 11 is 0. The van der Waals surface area contributed by atoms with Gasteiger partial charge in [-0.15, -0.1) is 0 Å². The Balaban J connectivity index is 2.17. The molecule has 4 nitrogen and oxygen atoms in total. The van der Waals surface area contributed by atoms with Gasteiger partial charge >= 0.3 is 18.1 Å². The Bertz CT molecular complexity index is 673. The van der Waals surface area contributed by atoms with Crippen LogP contribution in [-0.4, -0.2) is 25.2 Å². The van der Waals surface area contributed by atoms with Crippen molar-refractivity contribution in [2.24, 2.45) is 5.41 Å². The van der Waals surface area contributed by atoms with E-state index in [9.17, 15) is 22.8 Å². The lowest BCUT2D eigenvalue weighted by molar-refractivity contribution is -0.207. The summed E-state index contributed by atoms with van der Waals surface area (Å²) in [6.07, 6.45) is -3.58. The van der Waals surface area contributed by atoms with Gasteiger partial charge in [-0.1, -0.05) is 30.3 Å². The van der Waals surface area contributed by atoms with Crippen LogP contribution in [0.25, 0.3) is 5.57 Å². The van der Waals surface area contributed by atoms with Crippen molar-refractivity contribution in [2.75, 3.05) is 7.11 Å². The van der Waals surface area contributed by atoms with Crippen LogP contribution in [0, 0.1) is 5.41 Å². The van der Waals surface area contributed by atoms with Crippen molar-refractivity contribution in [2.45, 2.75) is 32.5 Å². The second-order valence-electron chi connectivity index (χ2n) is 5.51. The Morgan fingerprint density at radius 2 is 1.88 bits per heavy atom. The molecule has 24 heavy (non-hydrogen) atoms. The number of carbonyl (C=O) groups excluding carboxylic acids is 2. The highest BCUT2D eigenvalue weighted by molar-refractivity contribution is 6.16. The van der Waals surface area contributed by atoms with Crippen molar-refractivity contribution in [1.29, 1.82) is 0 Å². The van der Waals surface area contributed by atoms with E-state index >= 15 is 0 Å². The van der Waals surface area contributed by atoms with Gasteiger partial charge in [0.1, 0.15) is 6.61 Å². The summed E-state index contributed by atoms with van der Waals surface area (Å²) in [6, 6.07) is 6.52. The van der Waals surface area contributed by atoms with Crippen molar-refractivity contribution in [3.63, 3.8) is 0 Å². The highest BCUT2D eigenvalue weighted by Gasteiger charge is 2.69. The summed E-state index contributed by atoms with van der Waals surface area (Å²) < 4.78 is 48.3.